The zero-order valence-electron chi connectivity index (χ0n) is 10.6. The maximum Gasteiger partial charge on any atom is 0.237 e. The van der Waals surface area contributed by atoms with Gasteiger partial charge in [0.15, 0.2) is 0 Å². The molecule has 18 heavy (non-hydrogen) atoms. The van der Waals surface area contributed by atoms with E-state index in [4.69, 9.17) is 11.0 Å². The Morgan fingerprint density at radius 1 is 1.44 bits per heavy atom. The van der Waals surface area contributed by atoms with E-state index in [1.54, 1.807) is 12.1 Å². The number of carbonyl (C=O) groups is 1. The number of carbonyl (C=O) groups excluding carboxylic acids is 1. The van der Waals surface area contributed by atoms with Gasteiger partial charge in [-0.2, -0.15) is 5.26 Å². The lowest BCUT2D eigenvalue weighted by Crippen LogP contribution is -2.40. The minimum absolute atomic E-state index is 0.118. The molecule has 0 aliphatic carbocycles. The zero-order chi connectivity index (χ0) is 13.4. The Kier molecular flexibility index (Phi) is 5.89. The van der Waals surface area contributed by atoms with E-state index in [0.717, 1.165) is 24.8 Å². The molecule has 1 unspecified atom stereocenters. The van der Waals surface area contributed by atoms with Crippen molar-refractivity contribution in [1.82, 2.24) is 5.32 Å². The van der Waals surface area contributed by atoms with Gasteiger partial charge >= 0.3 is 0 Å². The largest absolute Gasteiger partial charge is 0.351 e. The van der Waals surface area contributed by atoms with E-state index < -0.39 is 6.04 Å². The zero-order valence-corrected chi connectivity index (χ0v) is 10.6. The molecule has 1 amide bonds. The topological polar surface area (TPSA) is 78.9 Å². The summed E-state index contributed by atoms with van der Waals surface area (Å²) in [6, 6.07) is 8.75. The molecule has 1 rings (SSSR count). The Labute approximate surface area is 108 Å². The van der Waals surface area contributed by atoms with Crippen molar-refractivity contribution in [1.29, 1.82) is 5.26 Å². The van der Waals surface area contributed by atoms with Gasteiger partial charge in [-0.25, -0.2) is 0 Å². The van der Waals surface area contributed by atoms with Crippen LogP contribution in [0.4, 0.5) is 0 Å². The van der Waals surface area contributed by atoms with Gasteiger partial charge < -0.3 is 11.1 Å². The molecule has 1 aromatic carbocycles. The predicted octanol–water partition coefficient (Wildman–Crippen LogP) is 1.69. The maximum absolute atomic E-state index is 11.7. The van der Waals surface area contributed by atoms with Crippen LogP contribution in [0.3, 0.4) is 0 Å². The molecule has 0 saturated heterocycles. The summed E-state index contributed by atoms with van der Waals surface area (Å²) in [6.45, 7) is 2.52. The molecule has 0 aliphatic rings. The van der Waals surface area contributed by atoms with Crippen molar-refractivity contribution in [2.45, 2.75) is 38.8 Å². The number of rotatable bonds is 6. The quantitative estimate of drug-likeness (QED) is 0.800. The molecule has 1 aromatic rings. The van der Waals surface area contributed by atoms with Crippen LogP contribution < -0.4 is 11.1 Å². The van der Waals surface area contributed by atoms with Gasteiger partial charge in [-0.15, -0.1) is 0 Å². The molecule has 0 aromatic heterocycles. The standard InChI is InChI=1S/C14H19N3O/c1-2-3-4-13(16)14(18)17-10-12-7-5-11(9-15)6-8-12/h5-8,13H,2-4,10,16H2,1H3,(H,17,18). The lowest BCUT2D eigenvalue weighted by Gasteiger charge is -2.11. The van der Waals surface area contributed by atoms with Crippen LogP contribution in [0.25, 0.3) is 0 Å². The van der Waals surface area contributed by atoms with Crippen molar-refractivity contribution in [2.75, 3.05) is 0 Å². The van der Waals surface area contributed by atoms with Crippen molar-refractivity contribution in [3.63, 3.8) is 0 Å². The number of hydrogen-bond donors (Lipinski definition) is 2. The monoisotopic (exact) mass is 245 g/mol. The average molecular weight is 245 g/mol. The maximum atomic E-state index is 11.7. The molecule has 0 bridgehead atoms. The molecule has 0 radical (unpaired) electrons. The summed E-state index contributed by atoms with van der Waals surface area (Å²) in [7, 11) is 0. The number of hydrogen-bond acceptors (Lipinski definition) is 3. The number of benzene rings is 1. The highest BCUT2D eigenvalue weighted by molar-refractivity contribution is 5.81. The third kappa shape index (κ3) is 4.56. The van der Waals surface area contributed by atoms with Crippen LogP contribution in [0.2, 0.25) is 0 Å². The van der Waals surface area contributed by atoms with E-state index in [1.165, 1.54) is 0 Å². The smallest absolute Gasteiger partial charge is 0.237 e. The van der Waals surface area contributed by atoms with Crippen LogP contribution in [0.1, 0.15) is 37.3 Å². The molecule has 3 N–H and O–H groups in total. The second-order valence-electron chi connectivity index (χ2n) is 4.28. The second-order valence-corrected chi connectivity index (χ2v) is 4.28. The van der Waals surface area contributed by atoms with Gasteiger partial charge in [0.1, 0.15) is 0 Å². The van der Waals surface area contributed by atoms with Crippen molar-refractivity contribution >= 4 is 5.91 Å². The van der Waals surface area contributed by atoms with E-state index >= 15 is 0 Å². The second kappa shape index (κ2) is 7.46. The normalized spacial score (nSPS) is 11.6. The van der Waals surface area contributed by atoms with Gasteiger partial charge in [-0.3, -0.25) is 4.79 Å². The highest BCUT2D eigenvalue weighted by atomic mass is 16.2. The number of nitrogens with two attached hydrogens (primary N) is 1. The Balaban J connectivity index is 2.39. The molecule has 4 heteroatoms. The molecule has 0 aliphatic heterocycles. The fourth-order valence-corrected chi connectivity index (χ4v) is 1.57. The Bertz CT molecular complexity index is 420. The first-order valence-electron chi connectivity index (χ1n) is 6.19. The molecule has 0 spiro atoms. The van der Waals surface area contributed by atoms with E-state index in [0.29, 0.717) is 12.1 Å². The number of nitrogens with one attached hydrogen (secondary N) is 1. The fourth-order valence-electron chi connectivity index (χ4n) is 1.57. The van der Waals surface area contributed by atoms with E-state index in [1.807, 2.05) is 12.1 Å². The Morgan fingerprint density at radius 3 is 2.67 bits per heavy atom. The van der Waals surface area contributed by atoms with Crippen molar-refractivity contribution in [3.05, 3.63) is 35.4 Å². The molecule has 4 nitrogen and oxygen atoms in total. The number of nitrogens with zero attached hydrogens (tertiary/aromatic N) is 1. The molecular formula is C14H19N3O. The minimum Gasteiger partial charge on any atom is -0.351 e. The van der Waals surface area contributed by atoms with Crippen LogP contribution in [0.15, 0.2) is 24.3 Å². The average Bonchev–Trinajstić information content (AvgIpc) is 2.42. The SMILES string of the molecule is CCCCC(N)C(=O)NCc1ccc(C#N)cc1. The highest BCUT2D eigenvalue weighted by Crippen LogP contribution is 2.03. The van der Waals surface area contributed by atoms with Crippen molar-refractivity contribution < 1.29 is 4.79 Å². The predicted molar refractivity (Wildman–Crippen MR) is 70.5 cm³/mol. The van der Waals surface area contributed by atoms with Gasteiger partial charge in [0.2, 0.25) is 5.91 Å². The summed E-state index contributed by atoms with van der Waals surface area (Å²) in [6.07, 6.45) is 2.72. The third-order valence-corrected chi connectivity index (χ3v) is 2.76. The third-order valence-electron chi connectivity index (χ3n) is 2.76. The lowest BCUT2D eigenvalue weighted by molar-refractivity contribution is -0.122. The van der Waals surface area contributed by atoms with Crippen molar-refractivity contribution in [3.8, 4) is 6.07 Å². The van der Waals surface area contributed by atoms with Gasteiger partial charge in [0.25, 0.3) is 0 Å². The van der Waals surface area contributed by atoms with Gasteiger partial charge in [-0.1, -0.05) is 31.9 Å². The summed E-state index contributed by atoms with van der Waals surface area (Å²) in [5.74, 6) is -0.118. The van der Waals surface area contributed by atoms with Crippen LogP contribution >= 0.6 is 0 Å². The molecule has 96 valence electrons. The number of nitriles is 1. The first-order valence-corrected chi connectivity index (χ1v) is 6.19. The van der Waals surface area contributed by atoms with E-state index in [9.17, 15) is 4.79 Å². The fraction of sp³-hybridized carbons (Fsp3) is 0.429. The first-order chi connectivity index (χ1) is 8.67. The van der Waals surface area contributed by atoms with E-state index in [2.05, 4.69) is 18.3 Å². The highest BCUT2D eigenvalue weighted by Gasteiger charge is 2.11. The van der Waals surface area contributed by atoms with Crippen LogP contribution in [-0.4, -0.2) is 11.9 Å². The van der Waals surface area contributed by atoms with Gasteiger partial charge in [0.05, 0.1) is 17.7 Å². The first kappa shape index (κ1) is 14.2. The Morgan fingerprint density at radius 2 is 2.11 bits per heavy atom. The Hall–Kier alpha value is -1.86. The summed E-state index contributed by atoms with van der Waals surface area (Å²) >= 11 is 0. The van der Waals surface area contributed by atoms with Gasteiger partial charge in [0, 0.05) is 6.54 Å². The van der Waals surface area contributed by atoms with Gasteiger partial charge in [-0.05, 0) is 24.1 Å². The number of amides is 1. The minimum atomic E-state index is -0.427. The molecule has 0 heterocycles. The van der Waals surface area contributed by atoms with Crippen LogP contribution in [0, 0.1) is 11.3 Å². The van der Waals surface area contributed by atoms with E-state index in [-0.39, 0.29) is 5.91 Å². The molecule has 0 saturated carbocycles. The summed E-state index contributed by atoms with van der Waals surface area (Å²) in [5, 5.41) is 11.5. The van der Waals surface area contributed by atoms with Crippen LogP contribution in [0.5, 0.6) is 0 Å². The summed E-state index contributed by atoms with van der Waals surface area (Å²) in [5.41, 5.74) is 7.34. The molecular weight excluding hydrogens is 226 g/mol. The molecule has 0 fully saturated rings. The number of unbranched alkanes of at least 4 members (excludes halogenated alkanes) is 1. The molecule has 1 atom stereocenters. The summed E-state index contributed by atoms with van der Waals surface area (Å²) in [4.78, 5) is 11.7. The van der Waals surface area contributed by atoms with Crippen LogP contribution in [-0.2, 0) is 11.3 Å². The summed E-state index contributed by atoms with van der Waals surface area (Å²) < 4.78 is 0. The lowest BCUT2D eigenvalue weighted by atomic mass is 10.1. The van der Waals surface area contributed by atoms with Crippen molar-refractivity contribution in [2.24, 2.45) is 5.73 Å².